The van der Waals surface area contributed by atoms with Crippen molar-refractivity contribution in [3.63, 3.8) is 0 Å². The summed E-state index contributed by atoms with van der Waals surface area (Å²) >= 11 is 0. The van der Waals surface area contributed by atoms with Crippen molar-refractivity contribution in [3.05, 3.63) is 106 Å². The van der Waals surface area contributed by atoms with Gasteiger partial charge in [-0.05, 0) is 42.0 Å². The van der Waals surface area contributed by atoms with Crippen LogP contribution in [-0.4, -0.2) is 25.6 Å². The Balaban J connectivity index is 1.48. The van der Waals surface area contributed by atoms with E-state index >= 15 is 0 Å². The summed E-state index contributed by atoms with van der Waals surface area (Å²) in [5.74, 6) is 0.00443. The summed E-state index contributed by atoms with van der Waals surface area (Å²) in [5, 5.41) is 27.1. The molecule has 162 valence electrons. The van der Waals surface area contributed by atoms with Gasteiger partial charge in [0.25, 0.3) is 11.6 Å². The summed E-state index contributed by atoms with van der Waals surface area (Å²) < 4.78 is 7.02. The molecule has 0 saturated heterocycles. The van der Waals surface area contributed by atoms with Crippen LogP contribution in [0.5, 0.6) is 5.75 Å². The highest BCUT2D eigenvalue weighted by atomic mass is 16.6. The average Bonchev–Trinajstić information content (AvgIpc) is 3.37. The Morgan fingerprint density at radius 1 is 1.15 bits per heavy atom. The standard InChI is InChI=1S/C23H16N6O4/c24-12-16-3-1-4-17(9-16)13-33-20-6-2-5-19(11-20)27-23(30)18-7-8-21(22(10-18)29(31)32)28-15-25-14-26-28/h1-11,14-15H,13H2,(H,27,30). The Morgan fingerprint density at radius 3 is 2.76 bits per heavy atom. The minimum Gasteiger partial charge on any atom is -0.489 e. The number of nitrogens with one attached hydrogen (secondary N) is 1. The van der Waals surface area contributed by atoms with Crippen LogP contribution in [0.15, 0.2) is 79.4 Å². The van der Waals surface area contributed by atoms with E-state index in [0.29, 0.717) is 17.0 Å². The van der Waals surface area contributed by atoms with E-state index in [1.54, 1.807) is 42.5 Å². The molecule has 4 aromatic rings. The van der Waals surface area contributed by atoms with Crippen LogP contribution < -0.4 is 10.1 Å². The van der Waals surface area contributed by atoms with Crippen molar-refractivity contribution in [3.8, 4) is 17.5 Å². The van der Waals surface area contributed by atoms with Crippen LogP contribution >= 0.6 is 0 Å². The van der Waals surface area contributed by atoms with Crippen LogP contribution in [0.25, 0.3) is 5.69 Å². The fourth-order valence-corrected chi connectivity index (χ4v) is 3.10. The number of aromatic nitrogens is 3. The number of nitro groups is 1. The Bertz CT molecular complexity index is 1360. The number of carbonyl (C=O) groups is 1. The molecule has 10 nitrogen and oxygen atoms in total. The van der Waals surface area contributed by atoms with Crippen molar-refractivity contribution in [1.29, 1.82) is 5.26 Å². The Morgan fingerprint density at radius 2 is 2.00 bits per heavy atom. The number of benzene rings is 3. The van der Waals surface area contributed by atoms with Gasteiger partial charge in [0.2, 0.25) is 0 Å². The largest absolute Gasteiger partial charge is 0.489 e. The zero-order chi connectivity index (χ0) is 23.2. The molecule has 0 fully saturated rings. The van der Waals surface area contributed by atoms with E-state index in [4.69, 9.17) is 10.00 Å². The maximum atomic E-state index is 12.7. The Hall–Kier alpha value is -5.04. The molecule has 0 aliphatic carbocycles. The number of hydrogen-bond acceptors (Lipinski definition) is 7. The summed E-state index contributed by atoms with van der Waals surface area (Å²) in [6, 6.07) is 20.0. The second-order valence-electron chi connectivity index (χ2n) is 6.88. The van der Waals surface area contributed by atoms with E-state index in [1.807, 2.05) is 6.07 Å². The third-order valence-electron chi connectivity index (χ3n) is 4.65. The van der Waals surface area contributed by atoms with Crippen LogP contribution in [0.1, 0.15) is 21.5 Å². The van der Waals surface area contributed by atoms with Crippen LogP contribution in [-0.2, 0) is 6.61 Å². The van der Waals surface area contributed by atoms with Gasteiger partial charge >= 0.3 is 0 Å². The lowest BCUT2D eigenvalue weighted by Crippen LogP contribution is -2.13. The molecule has 0 unspecified atom stereocenters. The van der Waals surface area contributed by atoms with E-state index in [0.717, 1.165) is 5.56 Å². The van der Waals surface area contributed by atoms with Crippen LogP contribution in [0.2, 0.25) is 0 Å². The SMILES string of the molecule is N#Cc1cccc(COc2cccc(NC(=O)c3ccc(-n4cncn4)c([N+](=O)[O-])c3)c2)c1. The van der Waals surface area contributed by atoms with Gasteiger partial charge in [-0.15, -0.1) is 0 Å². The Labute approximate surface area is 187 Å². The van der Waals surface area contributed by atoms with Crippen molar-refractivity contribution >= 4 is 17.3 Å². The number of nitrogens with zero attached hydrogens (tertiary/aromatic N) is 5. The first-order valence-corrected chi connectivity index (χ1v) is 9.70. The topological polar surface area (TPSA) is 136 Å². The minimum atomic E-state index is -0.580. The fraction of sp³-hybridized carbons (Fsp3) is 0.0435. The molecule has 3 aromatic carbocycles. The number of ether oxygens (including phenoxy) is 1. The number of nitriles is 1. The van der Waals surface area contributed by atoms with Gasteiger partial charge < -0.3 is 10.1 Å². The third-order valence-corrected chi connectivity index (χ3v) is 4.65. The van der Waals surface area contributed by atoms with Gasteiger partial charge in [0.1, 0.15) is 30.7 Å². The zero-order valence-corrected chi connectivity index (χ0v) is 17.1. The highest BCUT2D eigenvalue weighted by Crippen LogP contribution is 2.25. The molecule has 0 bridgehead atoms. The molecule has 4 rings (SSSR count). The molecule has 1 amide bonds. The smallest absolute Gasteiger partial charge is 0.295 e. The predicted octanol–water partition coefficient (Wildman–Crippen LogP) is 3.88. The molecule has 0 saturated carbocycles. The molecule has 0 aliphatic heterocycles. The Kier molecular flexibility index (Phi) is 6.04. The fourth-order valence-electron chi connectivity index (χ4n) is 3.10. The summed E-state index contributed by atoms with van der Waals surface area (Å²) in [5.41, 5.74) is 1.88. The first-order chi connectivity index (χ1) is 16.0. The van der Waals surface area contributed by atoms with E-state index in [2.05, 4.69) is 21.5 Å². The molecular formula is C23H16N6O4. The summed E-state index contributed by atoms with van der Waals surface area (Å²) in [6.07, 6.45) is 2.60. The first kappa shape index (κ1) is 21.2. The lowest BCUT2D eigenvalue weighted by Gasteiger charge is -2.10. The van der Waals surface area contributed by atoms with Gasteiger partial charge in [-0.1, -0.05) is 18.2 Å². The first-order valence-electron chi connectivity index (χ1n) is 9.70. The van der Waals surface area contributed by atoms with Crippen molar-refractivity contribution in [2.45, 2.75) is 6.61 Å². The molecule has 10 heteroatoms. The molecule has 1 heterocycles. The van der Waals surface area contributed by atoms with Crippen LogP contribution in [0.4, 0.5) is 11.4 Å². The van der Waals surface area contributed by atoms with Crippen LogP contribution in [0, 0.1) is 21.4 Å². The van der Waals surface area contributed by atoms with Crippen molar-refractivity contribution in [2.75, 3.05) is 5.32 Å². The highest BCUT2D eigenvalue weighted by molar-refractivity contribution is 6.05. The van der Waals surface area contributed by atoms with Crippen molar-refractivity contribution in [2.24, 2.45) is 0 Å². The highest BCUT2D eigenvalue weighted by Gasteiger charge is 2.19. The number of anilines is 1. The lowest BCUT2D eigenvalue weighted by molar-refractivity contribution is -0.384. The van der Waals surface area contributed by atoms with Gasteiger partial charge in [0.15, 0.2) is 0 Å². The summed E-state index contributed by atoms with van der Waals surface area (Å²) in [4.78, 5) is 27.4. The number of nitro benzene ring substituents is 1. The normalized spacial score (nSPS) is 10.3. The van der Waals surface area contributed by atoms with Crippen molar-refractivity contribution in [1.82, 2.24) is 14.8 Å². The van der Waals surface area contributed by atoms with Gasteiger partial charge in [0.05, 0.1) is 16.6 Å². The molecule has 0 spiro atoms. The number of rotatable bonds is 7. The third kappa shape index (κ3) is 5.00. The van der Waals surface area contributed by atoms with Gasteiger partial charge in [-0.3, -0.25) is 14.9 Å². The molecule has 33 heavy (non-hydrogen) atoms. The van der Waals surface area contributed by atoms with Gasteiger partial charge in [-0.25, -0.2) is 9.67 Å². The molecule has 0 atom stereocenters. The number of carbonyl (C=O) groups excluding carboxylic acids is 1. The molecule has 0 aliphatic rings. The zero-order valence-electron chi connectivity index (χ0n) is 17.1. The van der Waals surface area contributed by atoms with Crippen molar-refractivity contribution < 1.29 is 14.5 Å². The maximum absolute atomic E-state index is 12.7. The predicted molar refractivity (Wildman–Crippen MR) is 118 cm³/mol. The lowest BCUT2D eigenvalue weighted by atomic mass is 10.1. The van der Waals surface area contributed by atoms with E-state index in [-0.39, 0.29) is 23.5 Å². The quantitative estimate of drug-likeness (QED) is 0.340. The van der Waals surface area contributed by atoms with E-state index < -0.39 is 10.8 Å². The number of hydrogen-bond donors (Lipinski definition) is 1. The molecule has 1 N–H and O–H groups in total. The summed E-state index contributed by atoms with van der Waals surface area (Å²) in [6.45, 7) is 0.253. The maximum Gasteiger partial charge on any atom is 0.295 e. The van der Waals surface area contributed by atoms with Gasteiger partial charge in [-0.2, -0.15) is 10.4 Å². The summed E-state index contributed by atoms with van der Waals surface area (Å²) in [7, 11) is 0. The average molecular weight is 440 g/mol. The van der Waals surface area contributed by atoms with Gasteiger partial charge in [0, 0.05) is 23.4 Å². The van der Waals surface area contributed by atoms with E-state index in [1.165, 1.54) is 35.5 Å². The minimum absolute atomic E-state index is 0.116. The second-order valence-corrected chi connectivity index (χ2v) is 6.88. The number of amides is 1. The molecule has 0 radical (unpaired) electrons. The monoisotopic (exact) mass is 440 g/mol. The molecular weight excluding hydrogens is 424 g/mol. The second kappa shape index (κ2) is 9.40. The van der Waals surface area contributed by atoms with Crippen LogP contribution in [0.3, 0.4) is 0 Å². The molecule has 1 aromatic heterocycles. The van der Waals surface area contributed by atoms with E-state index in [9.17, 15) is 14.9 Å².